The van der Waals surface area contributed by atoms with Gasteiger partial charge in [-0.1, -0.05) is 22.7 Å². The predicted molar refractivity (Wildman–Crippen MR) is 313 cm³/mol. The van der Waals surface area contributed by atoms with Crippen molar-refractivity contribution in [3.05, 3.63) is 117 Å². The first-order valence-corrected chi connectivity index (χ1v) is 29.9. The van der Waals surface area contributed by atoms with Crippen LogP contribution in [0.25, 0.3) is 33.5 Å². The zero-order valence-electron chi connectivity index (χ0n) is 46.3. The van der Waals surface area contributed by atoms with Gasteiger partial charge in [-0.25, -0.2) is 27.8 Å². The molecule has 4 atom stereocenters. The van der Waals surface area contributed by atoms with E-state index < -0.39 is 6.10 Å². The van der Waals surface area contributed by atoms with Gasteiger partial charge in [-0.05, 0) is 112 Å². The maximum atomic E-state index is 13.6. The molecule has 15 rings (SSSR count). The average molecular weight is 1150 g/mol. The highest BCUT2D eigenvalue weighted by atomic mass is 32.1. The Hall–Kier alpha value is -7.12. The molecule has 11 heterocycles. The van der Waals surface area contributed by atoms with E-state index in [0.717, 1.165) is 158 Å². The fraction of sp³-hybridized carbons (Fsp3) is 0.433. The monoisotopic (exact) mass is 1150 g/mol. The number of rotatable bonds is 11. The highest BCUT2D eigenvalue weighted by Crippen LogP contribution is 2.50. The van der Waals surface area contributed by atoms with Gasteiger partial charge in [0.2, 0.25) is 0 Å². The molecule has 22 heteroatoms. The molecule has 7 fully saturated rings. The van der Waals surface area contributed by atoms with Crippen LogP contribution in [0.2, 0.25) is 0 Å². The predicted octanol–water partition coefficient (Wildman–Crippen LogP) is 8.92. The van der Waals surface area contributed by atoms with Crippen LogP contribution in [0, 0.1) is 48.1 Å². The van der Waals surface area contributed by atoms with Crippen LogP contribution in [-0.2, 0) is 14.2 Å². The molecule has 5 saturated heterocycles. The topological polar surface area (TPSA) is 187 Å². The van der Waals surface area contributed by atoms with E-state index in [0.29, 0.717) is 63.5 Å². The van der Waals surface area contributed by atoms with Gasteiger partial charge in [0.15, 0.2) is 10.3 Å². The van der Waals surface area contributed by atoms with Crippen molar-refractivity contribution in [1.82, 2.24) is 39.4 Å². The lowest BCUT2D eigenvalue weighted by Gasteiger charge is -2.39. The van der Waals surface area contributed by atoms with E-state index in [4.69, 9.17) is 34.4 Å². The number of aliphatic hydroxyl groups excluding tert-OH is 1. The normalized spacial score (nSPS) is 21.4. The summed E-state index contributed by atoms with van der Waals surface area (Å²) < 4.78 is 46.6. The molecule has 6 aromatic heterocycles. The third kappa shape index (κ3) is 10.8. The van der Waals surface area contributed by atoms with Crippen LogP contribution in [0.4, 0.5) is 41.8 Å². The summed E-state index contributed by atoms with van der Waals surface area (Å²) in [4.78, 5) is 22.0. The first-order valence-electron chi connectivity index (χ1n) is 28.2. The van der Waals surface area contributed by atoms with E-state index in [9.17, 15) is 24.4 Å². The van der Waals surface area contributed by atoms with Gasteiger partial charge < -0.3 is 44.2 Å². The molecule has 5 aliphatic heterocycles. The second kappa shape index (κ2) is 22.6. The molecule has 4 unspecified atom stereocenters. The van der Waals surface area contributed by atoms with E-state index in [1.165, 1.54) is 52.6 Å². The van der Waals surface area contributed by atoms with Gasteiger partial charge in [0.25, 0.3) is 0 Å². The molecular weight excluding hydrogens is 1080 g/mol. The van der Waals surface area contributed by atoms with Crippen LogP contribution in [-0.4, -0.2) is 156 Å². The fourth-order valence-electron chi connectivity index (χ4n) is 11.6. The minimum Gasteiger partial charge on any atom is -0.389 e. The number of aliphatic hydroxyl groups is 1. The van der Waals surface area contributed by atoms with Gasteiger partial charge in [0.05, 0.1) is 72.4 Å². The number of nitriles is 2. The Morgan fingerprint density at radius 1 is 0.622 bits per heavy atom. The molecule has 18 nitrogen and oxygen atoms in total. The Labute approximate surface area is 482 Å². The largest absolute Gasteiger partial charge is 0.389 e. The summed E-state index contributed by atoms with van der Waals surface area (Å²) in [6.07, 6.45) is 5.05. The molecule has 2 aromatic carbocycles. The van der Waals surface area contributed by atoms with Gasteiger partial charge in [0.1, 0.15) is 57.1 Å². The third-order valence-corrected chi connectivity index (χ3v) is 18.6. The summed E-state index contributed by atoms with van der Waals surface area (Å²) in [6.45, 7) is 14.3. The highest BCUT2D eigenvalue weighted by molar-refractivity contribution is 7.17. The Balaban J connectivity index is 0.000000140. The van der Waals surface area contributed by atoms with E-state index >= 15 is 0 Å². The summed E-state index contributed by atoms with van der Waals surface area (Å²) >= 11 is 2.69. The van der Waals surface area contributed by atoms with Gasteiger partial charge in [-0.2, -0.15) is 20.7 Å². The maximum Gasteiger partial charge on any atom is 0.191 e. The zero-order chi connectivity index (χ0) is 56.3. The van der Waals surface area contributed by atoms with Crippen molar-refractivity contribution in [2.24, 2.45) is 0 Å². The summed E-state index contributed by atoms with van der Waals surface area (Å²) in [6, 6.07) is 25.8. The Morgan fingerprint density at radius 3 is 1.46 bits per heavy atom. The molecule has 2 N–H and O–H groups in total. The number of pyridine rings is 2. The Bertz CT molecular complexity index is 3730. The summed E-state index contributed by atoms with van der Waals surface area (Å²) in [7, 11) is 4.00. The SMILES string of the molecule is C1OCC2OC12.Cc1cc(N2CCN(C3COCC3O)CC2)cc2c(N(C)c3nc(-c4ccc(F)cc4)c(C#N)s3)c(C3CC3)nn12.Cc1cc(N2CCNCC2)cc2c(N(C)c3nc(-c4ccc(F)cc4)c(C#N)s3)c(C3CC3)nn12. The number of anilines is 6. The minimum atomic E-state index is -0.415. The number of piperazine rings is 2. The van der Waals surface area contributed by atoms with Gasteiger partial charge in [0, 0.05) is 112 Å². The Morgan fingerprint density at radius 2 is 1.07 bits per heavy atom. The quantitative estimate of drug-likeness (QED) is 0.117. The number of ether oxygens (including phenoxy) is 3. The molecule has 0 spiro atoms. The fourth-order valence-corrected chi connectivity index (χ4v) is 13.4. The molecule has 0 bridgehead atoms. The number of aryl methyl sites for hydroxylation is 2. The molecule has 0 radical (unpaired) electrons. The van der Waals surface area contributed by atoms with Crippen LogP contribution >= 0.6 is 22.7 Å². The molecule has 8 aromatic rings. The van der Waals surface area contributed by atoms with E-state index in [1.54, 1.807) is 24.3 Å². The van der Waals surface area contributed by atoms with E-state index in [2.05, 4.69) is 80.1 Å². The van der Waals surface area contributed by atoms with Crippen molar-refractivity contribution in [3.63, 3.8) is 0 Å². The molecule has 82 heavy (non-hydrogen) atoms. The maximum absolute atomic E-state index is 13.6. The van der Waals surface area contributed by atoms with Crippen LogP contribution < -0.4 is 24.9 Å². The first-order chi connectivity index (χ1) is 39.9. The molecule has 2 saturated carbocycles. The van der Waals surface area contributed by atoms with Crippen molar-refractivity contribution in [2.75, 3.05) is 112 Å². The lowest BCUT2D eigenvalue weighted by Crippen LogP contribution is -2.53. The third-order valence-electron chi connectivity index (χ3n) is 16.5. The second-order valence-corrected chi connectivity index (χ2v) is 24.2. The minimum absolute atomic E-state index is 0.0777. The number of nitrogens with zero attached hydrogens (tertiary/aromatic N) is 13. The smallest absolute Gasteiger partial charge is 0.191 e. The number of thiazole rings is 2. The van der Waals surface area contributed by atoms with E-state index in [1.807, 2.05) is 23.1 Å². The van der Waals surface area contributed by atoms with Gasteiger partial charge in [-0.15, -0.1) is 0 Å². The lowest BCUT2D eigenvalue weighted by molar-refractivity contribution is 0.0785. The number of nitrogens with one attached hydrogen (secondary N) is 1. The number of hydrogen-bond acceptors (Lipinski definition) is 18. The van der Waals surface area contributed by atoms with Crippen LogP contribution in [0.5, 0.6) is 0 Å². The van der Waals surface area contributed by atoms with Gasteiger partial charge >= 0.3 is 0 Å². The highest BCUT2D eigenvalue weighted by Gasteiger charge is 2.44. The number of aromatic nitrogens is 6. The van der Waals surface area contributed by atoms with Crippen molar-refractivity contribution >= 4 is 66.7 Å². The van der Waals surface area contributed by atoms with Crippen LogP contribution in [0.15, 0.2) is 72.8 Å². The molecule has 424 valence electrons. The van der Waals surface area contributed by atoms with E-state index in [-0.39, 0.29) is 17.7 Å². The number of halogens is 2. The molecule has 7 aliphatic rings. The van der Waals surface area contributed by atoms with Crippen molar-refractivity contribution in [3.8, 4) is 34.7 Å². The van der Waals surface area contributed by atoms with Crippen LogP contribution in [0.3, 0.4) is 0 Å². The van der Waals surface area contributed by atoms with Crippen molar-refractivity contribution in [1.29, 1.82) is 10.5 Å². The number of hydrogen-bond donors (Lipinski definition) is 2. The van der Waals surface area contributed by atoms with Crippen molar-refractivity contribution < 1.29 is 28.1 Å². The standard InChI is InChI=1S/C30H32FN7O2S.C26H26FN7S.C4H6O2/c1-18-13-22(36-9-11-37(12-10-36)24-16-40-17-25(24)39)14-23-29(28(20-3-4-20)34-38(18)23)35(2)30-33-27(26(15-32)41-30)19-5-7-21(31)8-6-19;1-16-13-20(33-11-9-29-10-12-33)14-21-25(24(18-3-4-18)31-34(16)21)32(2)26-30-23(22(15-28)35-26)17-5-7-19(27)8-6-17;1-3-4(6-3)2-5-1/h5-8,13-14,20,24-25,39H,3-4,9-12,16-17H2,1-2H3;5-8,13-14,18,29H,3-4,9-12H2,1-2H3;3-4H,1-2H2. The number of benzene rings is 2. The molecular formula is C60H64F2N14O4S2. The lowest BCUT2D eigenvalue weighted by atomic mass is 10.1. The number of epoxide rings is 1. The van der Waals surface area contributed by atoms with Crippen molar-refractivity contribution in [2.45, 2.75) is 75.7 Å². The molecule has 0 amide bonds. The van der Waals surface area contributed by atoms with Crippen LogP contribution in [0.1, 0.15) is 70.0 Å². The zero-order valence-corrected chi connectivity index (χ0v) is 47.9. The second-order valence-electron chi connectivity index (χ2n) is 22.2. The Kier molecular flexibility index (Phi) is 14.9. The average Bonchev–Trinajstić information content (AvgIpc) is 4.42. The molecule has 2 aliphatic carbocycles. The summed E-state index contributed by atoms with van der Waals surface area (Å²) in [5, 5.41) is 44.9. The summed E-state index contributed by atoms with van der Waals surface area (Å²) in [5.74, 6) is 0.223. The van der Waals surface area contributed by atoms with Gasteiger partial charge in [-0.3, -0.25) is 4.90 Å². The first kappa shape index (κ1) is 54.1. The summed E-state index contributed by atoms with van der Waals surface area (Å²) in [5.41, 5.74) is 13.4. The number of fused-ring (bicyclic) bond motifs is 3.